The van der Waals surface area contributed by atoms with Gasteiger partial charge >= 0.3 is 0 Å². The minimum Gasteiger partial charge on any atom is -0.369 e. The highest BCUT2D eigenvalue weighted by Crippen LogP contribution is 2.27. The summed E-state index contributed by atoms with van der Waals surface area (Å²) >= 11 is 0. The maximum Gasteiger partial charge on any atom is 0.253 e. The Morgan fingerprint density at radius 1 is 1.13 bits per heavy atom. The van der Waals surface area contributed by atoms with Gasteiger partial charge < -0.3 is 15.0 Å². The lowest BCUT2D eigenvalue weighted by Crippen LogP contribution is -2.47. The van der Waals surface area contributed by atoms with Crippen molar-refractivity contribution in [1.82, 2.24) is 9.88 Å². The molecule has 0 spiro atoms. The van der Waals surface area contributed by atoms with Crippen molar-refractivity contribution in [2.24, 2.45) is 0 Å². The lowest BCUT2D eigenvalue weighted by Gasteiger charge is -2.37. The number of para-hydroxylation sites is 2. The largest absolute Gasteiger partial charge is 0.369 e. The van der Waals surface area contributed by atoms with Crippen LogP contribution in [0.25, 0.3) is 0 Å². The first-order chi connectivity index (χ1) is 14.7. The Labute approximate surface area is 180 Å². The number of rotatable bonds is 10. The van der Waals surface area contributed by atoms with Gasteiger partial charge in [0, 0.05) is 51.7 Å². The van der Waals surface area contributed by atoms with E-state index < -0.39 is 6.10 Å². The topological polar surface area (TPSA) is 57.7 Å². The van der Waals surface area contributed by atoms with Crippen LogP contribution < -0.4 is 10.2 Å². The predicted octanol–water partition coefficient (Wildman–Crippen LogP) is 3.59. The van der Waals surface area contributed by atoms with Gasteiger partial charge in [-0.05, 0) is 49.6 Å². The number of benzene rings is 1. The highest BCUT2D eigenvalue weighted by molar-refractivity contribution is 5.97. The van der Waals surface area contributed by atoms with Crippen LogP contribution in [-0.4, -0.2) is 61.2 Å². The van der Waals surface area contributed by atoms with E-state index in [0.29, 0.717) is 6.61 Å². The van der Waals surface area contributed by atoms with Crippen molar-refractivity contribution in [3.8, 4) is 0 Å². The van der Waals surface area contributed by atoms with Crippen molar-refractivity contribution in [2.45, 2.75) is 39.2 Å². The Balaban J connectivity index is 1.51. The standard InChI is InChI=1S/C24H34N4O2/c1-3-4-19-30-20(2)24(29)26-22-7-5-6-8-23(22)28-17-15-27(16-18-28)14-11-21-9-12-25-13-10-21/h5-10,12-13,20H,3-4,11,14-19H2,1-2H3,(H,26,29). The van der Waals surface area contributed by atoms with E-state index in [4.69, 9.17) is 4.74 Å². The molecule has 2 aromatic rings. The van der Waals surface area contributed by atoms with Gasteiger partial charge in [0.15, 0.2) is 0 Å². The number of hydrogen-bond acceptors (Lipinski definition) is 5. The number of anilines is 2. The van der Waals surface area contributed by atoms with Gasteiger partial charge in [-0.25, -0.2) is 0 Å². The molecule has 3 rings (SSSR count). The molecule has 1 amide bonds. The van der Waals surface area contributed by atoms with Crippen molar-refractivity contribution in [2.75, 3.05) is 49.5 Å². The molecular weight excluding hydrogens is 376 g/mol. The number of amides is 1. The van der Waals surface area contributed by atoms with E-state index in [-0.39, 0.29) is 5.91 Å². The first kappa shape index (κ1) is 22.2. The number of hydrogen-bond donors (Lipinski definition) is 1. The van der Waals surface area contributed by atoms with Gasteiger partial charge in [-0.1, -0.05) is 25.5 Å². The molecular formula is C24H34N4O2. The van der Waals surface area contributed by atoms with E-state index in [0.717, 1.165) is 63.4 Å². The first-order valence-electron chi connectivity index (χ1n) is 11.0. The van der Waals surface area contributed by atoms with Crippen LogP contribution in [0, 0.1) is 0 Å². The number of nitrogens with one attached hydrogen (secondary N) is 1. The molecule has 1 saturated heterocycles. The number of aromatic nitrogens is 1. The number of unbranched alkanes of at least 4 members (excludes halogenated alkanes) is 1. The molecule has 0 aliphatic carbocycles. The quantitative estimate of drug-likeness (QED) is 0.607. The summed E-state index contributed by atoms with van der Waals surface area (Å²) in [7, 11) is 0. The molecule has 1 N–H and O–H groups in total. The van der Waals surface area contributed by atoms with Crippen LogP contribution in [0.15, 0.2) is 48.8 Å². The van der Waals surface area contributed by atoms with Crippen LogP contribution >= 0.6 is 0 Å². The van der Waals surface area contributed by atoms with Gasteiger partial charge in [-0.2, -0.15) is 0 Å². The van der Waals surface area contributed by atoms with Gasteiger partial charge in [-0.15, -0.1) is 0 Å². The Morgan fingerprint density at radius 3 is 2.60 bits per heavy atom. The van der Waals surface area contributed by atoms with Crippen LogP contribution in [0.1, 0.15) is 32.3 Å². The molecule has 2 heterocycles. The molecule has 1 atom stereocenters. The zero-order valence-corrected chi connectivity index (χ0v) is 18.2. The predicted molar refractivity (Wildman–Crippen MR) is 122 cm³/mol. The van der Waals surface area contributed by atoms with Gasteiger partial charge in [-0.3, -0.25) is 14.7 Å². The number of ether oxygens (including phenoxy) is 1. The van der Waals surface area contributed by atoms with Crippen LogP contribution in [0.5, 0.6) is 0 Å². The van der Waals surface area contributed by atoms with Gasteiger partial charge in [0.1, 0.15) is 6.10 Å². The van der Waals surface area contributed by atoms with E-state index in [1.54, 1.807) is 0 Å². The van der Waals surface area contributed by atoms with E-state index in [1.165, 1.54) is 5.56 Å². The number of carbonyl (C=O) groups is 1. The van der Waals surface area contributed by atoms with Crippen molar-refractivity contribution in [3.05, 3.63) is 54.4 Å². The van der Waals surface area contributed by atoms with E-state index in [9.17, 15) is 4.79 Å². The molecule has 0 radical (unpaired) electrons. The zero-order valence-electron chi connectivity index (χ0n) is 18.2. The van der Waals surface area contributed by atoms with Crippen molar-refractivity contribution >= 4 is 17.3 Å². The fourth-order valence-corrected chi connectivity index (χ4v) is 3.62. The smallest absolute Gasteiger partial charge is 0.253 e. The second kappa shape index (κ2) is 11.7. The van der Waals surface area contributed by atoms with E-state index in [2.05, 4.69) is 45.2 Å². The third-order valence-electron chi connectivity index (χ3n) is 5.58. The summed E-state index contributed by atoms with van der Waals surface area (Å²) in [6.07, 6.45) is 6.34. The fraction of sp³-hybridized carbons (Fsp3) is 0.500. The summed E-state index contributed by atoms with van der Waals surface area (Å²) in [6.45, 7) is 9.54. The van der Waals surface area contributed by atoms with E-state index in [1.807, 2.05) is 37.5 Å². The maximum absolute atomic E-state index is 12.5. The monoisotopic (exact) mass is 410 g/mol. The number of nitrogens with zero attached hydrogens (tertiary/aromatic N) is 3. The summed E-state index contributed by atoms with van der Waals surface area (Å²) in [5.41, 5.74) is 3.27. The van der Waals surface area contributed by atoms with Crippen LogP contribution in [0.2, 0.25) is 0 Å². The van der Waals surface area contributed by atoms with Gasteiger partial charge in [0.25, 0.3) is 5.91 Å². The third-order valence-corrected chi connectivity index (χ3v) is 5.58. The number of carbonyl (C=O) groups excluding carboxylic acids is 1. The molecule has 162 valence electrons. The SMILES string of the molecule is CCCCOC(C)C(=O)Nc1ccccc1N1CCN(CCc2ccncc2)CC1. The van der Waals surface area contributed by atoms with Crippen molar-refractivity contribution < 1.29 is 9.53 Å². The van der Waals surface area contributed by atoms with Crippen molar-refractivity contribution in [3.63, 3.8) is 0 Å². The minimum atomic E-state index is -0.449. The first-order valence-corrected chi connectivity index (χ1v) is 11.0. The maximum atomic E-state index is 12.5. The molecule has 6 nitrogen and oxygen atoms in total. The number of pyridine rings is 1. The highest BCUT2D eigenvalue weighted by Gasteiger charge is 2.21. The summed E-state index contributed by atoms with van der Waals surface area (Å²) in [4.78, 5) is 21.5. The Kier molecular flexibility index (Phi) is 8.66. The minimum absolute atomic E-state index is 0.0884. The molecule has 30 heavy (non-hydrogen) atoms. The average molecular weight is 411 g/mol. The molecule has 0 bridgehead atoms. The third kappa shape index (κ3) is 6.54. The highest BCUT2D eigenvalue weighted by atomic mass is 16.5. The Hall–Kier alpha value is -2.44. The van der Waals surface area contributed by atoms with Gasteiger partial charge in [0.2, 0.25) is 0 Å². The molecule has 0 saturated carbocycles. The fourth-order valence-electron chi connectivity index (χ4n) is 3.62. The summed E-state index contributed by atoms with van der Waals surface area (Å²) in [5, 5.41) is 3.07. The molecule has 1 aliphatic rings. The summed E-state index contributed by atoms with van der Waals surface area (Å²) < 4.78 is 5.64. The van der Waals surface area contributed by atoms with Crippen LogP contribution in [-0.2, 0) is 16.0 Å². The molecule has 1 aromatic heterocycles. The lowest BCUT2D eigenvalue weighted by molar-refractivity contribution is -0.126. The average Bonchev–Trinajstić information content (AvgIpc) is 2.79. The molecule has 1 unspecified atom stereocenters. The van der Waals surface area contributed by atoms with Crippen molar-refractivity contribution in [1.29, 1.82) is 0 Å². The van der Waals surface area contributed by atoms with Gasteiger partial charge in [0.05, 0.1) is 11.4 Å². The Bertz CT molecular complexity index is 776. The summed E-state index contributed by atoms with van der Waals surface area (Å²) in [6, 6.07) is 12.2. The van der Waals surface area contributed by atoms with Crippen LogP contribution in [0.4, 0.5) is 11.4 Å². The molecule has 1 fully saturated rings. The second-order valence-corrected chi connectivity index (χ2v) is 7.81. The molecule has 6 heteroatoms. The number of piperazine rings is 1. The normalized spacial score (nSPS) is 15.7. The van der Waals surface area contributed by atoms with Crippen LogP contribution in [0.3, 0.4) is 0 Å². The Morgan fingerprint density at radius 2 is 1.87 bits per heavy atom. The van der Waals surface area contributed by atoms with E-state index >= 15 is 0 Å². The zero-order chi connectivity index (χ0) is 21.2. The lowest BCUT2D eigenvalue weighted by atomic mass is 10.1. The second-order valence-electron chi connectivity index (χ2n) is 7.81. The summed E-state index contributed by atoms with van der Waals surface area (Å²) in [5.74, 6) is -0.0884. The molecule has 1 aliphatic heterocycles. The molecule has 1 aromatic carbocycles.